The monoisotopic (exact) mass is 1780 g/mol. The van der Waals surface area contributed by atoms with Crippen LogP contribution in [0, 0.1) is 34.0 Å². The lowest BCUT2D eigenvalue weighted by atomic mass is 9.95. The van der Waals surface area contributed by atoms with Crippen molar-refractivity contribution in [2.24, 2.45) is 0 Å². The number of piperidine rings is 4. The van der Waals surface area contributed by atoms with Crippen molar-refractivity contribution in [3.05, 3.63) is 234 Å². The van der Waals surface area contributed by atoms with Crippen LogP contribution in [0.3, 0.4) is 0 Å². The van der Waals surface area contributed by atoms with Crippen LogP contribution in [-0.2, 0) is 53.2 Å². The van der Waals surface area contributed by atoms with Crippen molar-refractivity contribution in [1.29, 1.82) is 15.8 Å². The molecule has 1 saturated carbocycles. The highest BCUT2D eigenvalue weighted by molar-refractivity contribution is 7.89. The molecule has 0 unspecified atom stereocenters. The molecule has 7 aromatic carbocycles. The van der Waals surface area contributed by atoms with Gasteiger partial charge in [0.1, 0.15) is 6.67 Å². The number of halogens is 3. The molecule has 654 valence electrons. The van der Waals surface area contributed by atoms with Gasteiger partial charge in [-0.15, -0.1) is 0 Å². The lowest BCUT2D eigenvalue weighted by Gasteiger charge is -2.32. The molecule has 0 amide bonds. The molecule has 31 heteroatoms. The zero-order chi connectivity index (χ0) is 89.0. The molecular weight excluding hydrogens is 1680 g/mol. The molecule has 1 aliphatic carbocycles. The summed E-state index contributed by atoms with van der Waals surface area (Å²) in [6.45, 7) is 8.97. The summed E-state index contributed by atoms with van der Waals surface area (Å²) in [5, 5.41) is 50.7. The van der Waals surface area contributed by atoms with Crippen molar-refractivity contribution in [3.63, 3.8) is 0 Å². The summed E-state index contributed by atoms with van der Waals surface area (Å²) in [7, 11) is -12.6. The number of pyridine rings is 5. The second-order valence-corrected chi connectivity index (χ2v) is 41.1. The van der Waals surface area contributed by atoms with Crippen LogP contribution in [0.25, 0.3) is 87.6 Å². The van der Waals surface area contributed by atoms with E-state index in [1.165, 1.54) is 57.9 Å². The van der Waals surface area contributed by atoms with E-state index in [2.05, 4.69) is 102 Å². The largest absolute Gasteiger partial charge is 0.382 e. The van der Waals surface area contributed by atoms with Gasteiger partial charge in [-0.1, -0.05) is 19.1 Å². The lowest BCUT2D eigenvalue weighted by molar-refractivity contribution is 0.151. The Balaban J connectivity index is 0.000000136. The van der Waals surface area contributed by atoms with Gasteiger partial charge in [0.15, 0.2) is 0 Å². The summed E-state index contributed by atoms with van der Waals surface area (Å²) in [5.41, 5.74) is 15.2. The smallest absolute Gasteiger partial charge is 0.263 e. The van der Waals surface area contributed by atoms with Crippen LogP contribution in [0.4, 0.5) is 35.9 Å². The summed E-state index contributed by atoms with van der Waals surface area (Å²) in [6, 6.07) is 49.6. The number of aryl methyl sites for hydroxylation is 1. The average Bonchev–Trinajstić information content (AvgIpc) is 1.28. The zero-order valence-electron chi connectivity index (χ0n) is 70.9. The first-order valence-corrected chi connectivity index (χ1v) is 49.4. The topological polar surface area (TPSA) is 333 Å². The maximum atomic E-state index is 13.4. The van der Waals surface area contributed by atoms with Crippen LogP contribution in [0.15, 0.2) is 195 Å². The van der Waals surface area contributed by atoms with Gasteiger partial charge >= 0.3 is 0 Å². The van der Waals surface area contributed by atoms with Crippen LogP contribution in [0.1, 0.15) is 136 Å². The number of benzene rings is 7. The number of nitriles is 3. The van der Waals surface area contributed by atoms with E-state index < -0.39 is 53.2 Å². The molecule has 5 aromatic heterocycles. The van der Waals surface area contributed by atoms with E-state index in [4.69, 9.17) is 0 Å². The Morgan fingerprint density at radius 1 is 0.373 bits per heavy atom. The van der Waals surface area contributed by atoms with Gasteiger partial charge in [0.25, 0.3) is 6.43 Å². The Morgan fingerprint density at radius 3 is 1.03 bits per heavy atom. The highest BCUT2D eigenvalue weighted by Gasteiger charge is 2.32. The number of hydrogen-bond donors (Lipinski definition) is 4. The highest BCUT2D eigenvalue weighted by Crippen LogP contribution is 2.44. The van der Waals surface area contributed by atoms with Crippen molar-refractivity contribution < 1.29 is 46.8 Å². The molecule has 0 radical (unpaired) electrons. The van der Waals surface area contributed by atoms with E-state index in [0.717, 1.165) is 150 Å². The second kappa shape index (κ2) is 40.0. The van der Waals surface area contributed by atoms with E-state index in [0.29, 0.717) is 98.9 Å². The summed E-state index contributed by atoms with van der Waals surface area (Å²) < 4.78 is 142. The van der Waals surface area contributed by atoms with Gasteiger partial charge in [-0.05, 0) is 283 Å². The number of sulfonamides is 4. The Kier molecular flexibility index (Phi) is 28.8. The Morgan fingerprint density at radius 2 is 0.698 bits per heavy atom. The first-order chi connectivity index (χ1) is 60.6. The molecule has 5 fully saturated rings. The fraction of sp³-hybridized carbons (Fsp3) is 0.347. The number of hydrogen-bond acceptors (Lipinski definition) is 20. The predicted molar refractivity (Wildman–Crippen MR) is 493 cm³/mol. The lowest BCUT2D eigenvalue weighted by Crippen LogP contribution is -2.42. The molecule has 5 aliphatic rings. The standard InChI is InChI=1S/C26H28N4O2S.C25H28N4O2S.C23H22F2N4O2S.C21H23FN4O2S/c1-2-33(31,32)30-9-6-24(7-10-30)29-26-15-23(13-20-5-8-28-17-25(20)26)22-12-18(16-27)11-21(14-22)19-3-4-19;1-3-18-11-19(16-26)13-21(12-18)22-14-20-5-8-27-17-24(20)25(15-22)28-23-6-9-29(10-7-23)32(30,31)4-2;1-32(30,31)29-6-3-20(4-7-29)28-22-12-18(10-16-2-5-27-14-21(16)22)17-8-15(13-26)9-19(11-17)23(24)25;1-29(27,28)26-6-3-19(4-7-26)25-21-10-17(9-16-2-5-23-14-20(16)21)18-8-15(11-22)12-24-13-18/h5,8,11-15,17,19,24,29H,2-4,6-7,9-10H2,1H3;5,8,11-15,17,23,28H,3-4,6-7,9-10H2,1-2H3;2,5,8-12,14,20,23,28H,3-4,6-7H2,1H3;2,5,8-10,12-14,19,25H,3-4,6-7,11H2,1H3. The molecule has 4 saturated heterocycles. The fourth-order valence-electron chi connectivity index (χ4n) is 16.8. The van der Waals surface area contributed by atoms with Crippen LogP contribution in [-0.4, -0.2) is 176 Å². The maximum absolute atomic E-state index is 13.4. The molecule has 17 rings (SSSR count). The van der Waals surface area contributed by atoms with Crippen molar-refractivity contribution >= 4 is 106 Å². The predicted octanol–water partition coefficient (Wildman–Crippen LogP) is 17.6. The third-order valence-corrected chi connectivity index (χ3v) is 30.4. The number of aromatic nitrogens is 5. The maximum Gasteiger partial charge on any atom is 0.263 e. The summed E-state index contributed by atoms with van der Waals surface area (Å²) >= 11 is 0. The fourth-order valence-corrected chi connectivity index (χ4v) is 20.8. The number of anilines is 4. The Hall–Kier alpha value is -11.6. The third kappa shape index (κ3) is 22.4. The van der Waals surface area contributed by atoms with Crippen molar-refractivity contribution in [3.8, 4) is 62.7 Å². The number of alkyl halides is 3. The molecule has 126 heavy (non-hydrogen) atoms. The molecule has 0 spiro atoms. The van der Waals surface area contributed by atoms with Gasteiger partial charge in [0.05, 0.1) is 58.9 Å². The van der Waals surface area contributed by atoms with E-state index in [9.17, 15) is 62.6 Å². The van der Waals surface area contributed by atoms with E-state index in [-0.39, 0.29) is 46.8 Å². The van der Waals surface area contributed by atoms with Crippen molar-refractivity contribution in [2.75, 3.05) is 97.6 Å². The molecule has 0 atom stereocenters. The minimum absolute atomic E-state index is 0.0636. The van der Waals surface area contributed by atoms with Crippen LogP contribution >= 0.6 is 0 Å². The van der Waals surface area contributed by atoms with Crippen LogP contribution < -0.4 is 21.3 Å². The third-order valence-electron chi connectivity index (χ3n) is 24.0. The first kappa shape index (κ1) is 90.7. The minimum atomic E-state index is -3.21. The Labute approximate surface area is 735 Å². The van der Waals surface area contributed by atoms with E-state index in [1.807, 2.05) is 104 Å². The molecule has 24 nitrogen and oxygen atoms in total. The molecule has 0 bridgehead atoms. The zero-order valence-corrected chi connectivity index (χ0v) is 74.2. The average molecular weight is 1780 g/mol. The van der Waals surface area contributed by atoms with Gasteiger partial charge in [0, 0.05) is 199 Å². The summed E-state index contributed by atoms with van der Waals surface area (Å²) in [6.07, 6.45) is 26.4. The minimum Gasteiger partial charge on any atom is -0.382 e. The second-order valence-electron chi connectivity index (χ2n) is 32.7. The number of fused-ring (bicyclic) bond motifs is 4. The quantitative estimate of drug-likeness (QED) is 0.0490. The van der Waals surface area contributed by atoms with Crippen molar-refractivity contribution in [2.45, 2.75) is 135 Å². The highest BCUT2D eigenvalue weighted by atomic mass is 32.2. The number of nitrogens with zero attached hydrogens (tertiary/aromatic N) is 12. The van der Waals surface area contributed by atoms with Crippen LogP contribution in [0.2, 0.25) is 0 Å². The van der Waals surface area contributed by atoms with Gasteiger partial charge in [-0.25, -0.2) is 64.1 Å². The number of rotatable bonds is 22. The van der Waals surface area contributed by atoms with E-state index >= 15 is 0 Å². The normalized spacial score (nSPS) is 16.3. The van der Waals surface area contributed by atoms with Gasteiger partial charge in [-0.3, -0.25) is 24.9 Å². The molecule has 12 aromatic rings. The summed E-state index contributed by atoms with van der Waals surface area (Å²) in [5.74, 6) is 0.864. The number of nitrogens with one attached hydrogen (secondary N) is 4. The van der Waals surface area contributed by atoms with Gasteiger partial charge in [0.2, 0.25) is 40.1 Å². The molecule has 4 aliphatic heterocycles. The van der Waals surface area contributed by atoms with Crippen molar-refractivity contribution in [1.82, 2.24) is 42.1 Å². The van der Waals surface area contributed by atoms with E-state index in [1.54, 1.807) is 65.7 Å². The van der Waals surface area contributed by atoms with Gasteiger partial charge < -0.3 is 21.3 Å². The van der Waals surface area contributed by atoms with Crippen LogP contribution in [0.5, 0.6) is 0 Å². The SMILES string of the molecule is CCS(=O)(=O)N1CCC(Nc2cc(-c3cc(C#N)cc(C4CC4)c3)cc3ccncc23)CC1.CCc1cc(C#N)cc(-c2cc(NC3CCN(S(=O)(=O)CC)CC3)c3cnccc3c2)c1.CS(=O)(=O)N1CCC(Nc2cc(-c3cc(C#N)cc(C(F)F)c3)cc3ccncc23)CC1.CS(=O)(=O)N1CCC(Nc2cc(-c3cncc(CF)c3)cc3ccncc23)CC1. The molecule has 9 heterocycles. The summed E-state index contributed by atoms with van der Waals surface area (Å²) in [4.78, 5) is 21.2. The molecular formula is C95H101F3N16O8S4. The van der Waals surface area contributed by atoms with Gasteiger partial charge in [-0.2, -0.15) is 15.8 Å². The first-order valence-electron chi connectivity index (χ1n) is 42.4. The molecule has 4 N–H and O–H groups in total. The Bertz CT molecular complexity index is 6620.